The minimum Gasteiger partial charge on any atom is -0.369 e. The van der Waals surface area contributed by atoms with Crippen molar-refractivity contribution in [3.63, 3.8) is 0 Å². The van der Waals surface area contributed by atoms with Crippen LogP contribution in [0.25, 0.3) is 16.7 Å². The molecular formula is C15H18N6. The van der Waals surface area contributed by atoms with Gasteiger partial charge in [0.05, 0.1) is 17.3 Å². The van der Waals surface area contributed by atoms with Crippen molar-refractivity contribution in [2.45, 2.75) is 19.4 Å². The Bertz CT molecular complexity index is 719. The van der Waals surface area contributed by atoms with Crippen molar-refractivity contribution in [2.75, 3.05) is 11.9 Å². The second-order valence-corrected chi connectivity index (χ2v) is 5.04. The molecule has 1 aromatic carbocycles. The highest BCUT2D eigenvalue weighted by Crippen LogP contribution is 2.21. The maximum absolute atomic E-state index is 5.76. The van der Waals surface area contributed by atoms with E-state index in [2.05, 4.69) is 20.4 Å². The lowest BCUT2D eigenvalue weighted by Crippen LogP contribution is -2.19. The van der Waals surface area contributed by atoms with E-state index in [-0.39, 0.29) is 6.04 Å². The summed E-state index contributed by atoms with van der Waals surface area (Å²) in [4.78, 5) is 8.64. The van der Waals surface area contributed by atoms with Crippen LogP contribution in [-0.4, -0.2) is 32.3 Å². The predicted octanol–water partition coefficient (Wildman–Crippen LogP) is 1.96. The molecule has 21 heavy (non-hydrogen) atoms. The molecule has 3 N–H and O–H groups in total. The Hall–Kier alpha value is -2.47. The molecule has 0 bridgehead atoms. The van der Waals surface area contributed by atoms with Crippen LogP contribution < -0.4 is 11.1 Å². The first-order valence-electron chi connectivity index (χ1n) is 6.99. The zero-order chi connectivity index (χ0) is 14.7. The lowest BCUT2D eigenvalue weighted by atomic mass is 10.2. The quantitative estimate of drug-likeness (QED) is 0.747. The van der Waals surface area contributed by atoms with Gasteiger partial charge in [-0.1, -0.05) is 18.2 Å². The van der Waals surface area contributed by atoms with Gasteiger partial charge in [-0.05, 0) is 25.5 Å². The minimum atomic E-state index is 0.168. The van der Waals surface area contributed by atoms with Gasteiger partial charge in [-0.25, -0.2) is 14.6 Å². The van der Waals surface area contributed by atoms with Crippen molar-refractivity contribution in [3.05, 3.63) is 42.9 Å². The second kappa shape index (κ2) is 5.88. The molecule has 0 saturated carbocycles. The maximum Gasteiger partial charge on any atom is 0.168 e. The molecule has 2 aromatic heterocycles. The first-order valence-corrected chi connectivity index (χ1v) is 6.99. The molecule has 108 valence electrons. The summed E-state index contributed by atoms with van der Waals surface area (Å²) < 4.78 is 1.81. The lowest BCUT2D eigenvalue weighted by Gasteiger charge is -2.08. The minimum absolute atomic E-state index is 0.168. The van der Waals surface area contributed by atoms with Crippen LogP contribution in [0.1, 0.15) is 13.3 Å². The highest BCUT2D eigenvalue weighted by atomic mass is 15.3. The smallest absolute Gasteiger partial charge is 0.168 e. The summed E-state index contributed by atoms with van der Waals surface area (Å²) in [6, 6.07) is 10.1. The van der Waals surface area contributed by atoms with E-state index in [1.165, 1.54) is 0 Å². The Labute approximate surface area is 123 Å². The van der Waals surface area contributed by atoms with Crippen LogP contribution in [0.3, 0.4) is 0 Å². The van der Waals surface area contributed by atoms with Crippen molar-refractivity contribution in [1.82, 2.24) is 19.7 Å². The molecule has 3 rings (SSSR count). The van der Waals surface area contributed by atoms with Crippen LogP contribution in [0.4, 0.5) is 5.82 Å². The molecule has 0 amide bonds. The molecule has 3 aromatic rings. The van der Waals surface area contributed by atoms with Gasteiger partial charge >= 0.3 is 0 Å². The molecule has 6 nitrogen and oxygen atoms in total. The zero-order valence-electron chi connectivity index (χ0n) is 11.9. The van der Waals surface area contributed by atoms with E-state index in [0.29, 0.717) is 0 Å². The van der Waals surface area contributed by atoms with E-state index in [9.17, 15) is 0 Å². The fraction of sp³-hybridized carbons (Fsp3) is 0.267. The fourth-order valence-corrected chi connectivity index (χ4v) is 2.16. The number of nitrogens with two attached hydrogens (primary N) is 1. The van der Waals surface area contributed by atoms with Gasteiger partial charge in [0.2, 0.25) is 0 Å². The summed E-state index contributed by atoms with van der Waals surface area (Å²) in [6.45, 7) is 2.77. The van der Waals surface area contributed by atoms with E-state index in [4.69, 9.17) is 5.73 Å². The molecule has 0 aliphatic carbocycles. The van der Waals surface area contributed by atoms with Gasteiger partial charge in [0.1, 0.15) is 12.1 Å². The normalized spacial score (nSPS) is 12.5. The van der Waals surface area contributed by atoms with Crippen molar-refractivity contribution >= 4 is 16.9 Å². The third-order valence-corrected chi connectivity index (χ3v) is 3.26. The van der Waals surface area contributed by atoms with Crippen molar-refractivity contribution in [3.8, 4) is 5.69 Å². The van der Waals surface area contributed by atoms with Gasteiger partial charge in [0.25, 0.3) is 0 Å². The number of benzene rings is 1. The van der Waals surface area contributed by atoms with Crippen LogP contribution in [0, 0.1) is 0 Å². The van der Waals surface area contributed by atoms with Gasteiger partial charge in [0, 0.05) is 12.6 Å². The summed E-state index contributed by atoms with van der Waals surface area (Å²) in [6.07, 6.45) is 4.23. The Morgan fingerprint density at radius 2 is 2.05 bits per heavy atom. The zero-order valence-corrected chi connectivity index (χ0v) is 11.9. The summed E-state index contributed by atoms with van der Waals surface area (Å²) in [7, 11) is 0. The average Bonchev–Trinajstić information content (AvgIpc) is 2.92. The fourth-order valence-electron chi connectivity index (χ4n) is 2.16. The van der Waals surface area contributed by atoms with E-state index in [1.807, 2.05) is 41.9 Å². The van der Waals surface area contributed by atoms with Gasteiger partial charge in [-0.2, -0.15) is 5.10 Å². The Morgan fingerprint density at radius 3 is 2.81 bits per heavy atom. The molecule has 0 aliphatic rings. The van der Waals surface area contributed by atoms with Gasteiger partial charge in [-0.15, -0.1) is 0 Å². The maximum atomic E-state index is 5.76. The topological polar surface area (TPSA) is 81.7 Å². The van der Waals surface area contributed by atoms with E-state index in [1.54, 1.807) is 12.5 Å². The molecule has 0 fully saturated rings. The summed E-state index contributed by atoms with van der Waals surface area (Å²) in [5, 5.41) is 8.63. The second-order valence-electron chi connectivity index (χ2n) is 5.04. The molecule has 6 heteroatoms. The number of fused-ring (bicyclic) bond motifs is 1. The number of nitrogens with one attached hydrogen (secondary N) is 1. The third kappa shape index (κ3) is 2.85. The first kappa shape index (κ1) is 13.5. The molecule has 1 unspecified atom stereocenters. The molecule has 0 radical (unpaired) electrons. The first-order chi connectivity index (χ1) is 10.3. The Kier molecular flexibility index (Phi) is 3.79. The number of para-hydroxylation sites is 1. The lowest BCUT2D eigenvalue weighted by molar-refractivity contribution is 0.689. The molecule has 0 aliphatic heterocycles. The van der Waals surface area contributed by atoms with Crippen molar-refractivity contribution in [2.24, 2.45) is 5.73 Å². The largest absolute Gasteiger partial charge is 0.369 e. The molecular weight excluding hydrogens is 264 g/mol. The number of hydrogen-bond donors (Lipinski definition) is 2. The number of rotatable bonds is 5. The average molecular weight is 282 g/mol. The van der Waals surface area contributed by atoms with Crippen molar-refractivity contribution in [1.29, 1.82) is 0 Å². The third-order valence-electron chi connectivity index (χ3n) is 3.26. The molecule has 2 heterocycles. The highest BCUT2D eigenvalue weighted by Gasteiger charge is 2.10. The summed E-state index contributed by atoms with van der Waals surface area (Å²) >= 11 is 0. The van der Waals surface area contributed by atoms with E-state index >= 15 is 0 Å². The Balaban J connectivity index is 1.93. The van der Waals surface area contributed by atoms with Crippen LogP contribution in [0.5, 0.6) is 0 Å². The van der Waals surface area contributed by atoms with Gasteiger partial charge in [0.15, 0.2) is 5.65 Å². The molecule has 0 saturated heterocycles. The monoisotopic (exact) mass is 282 g/mol. The van der Waals surface area contributed by atoms with E-state index in [0.717, 1.165) is 35.5 Å². The predicted molar refractivity (Wildman–Crippen MR) is 83.4 cm³/mol. The molecule has 0 spiro atoms. The van der Waals surface area contributed by atoms with Gasteiger partial charge in [-0.3, -0.25) is 0 Å². The van der Waals surface area contributed by atoms with Gasteiger partial charge < -0.3 is 11.1 Å². The standard InChI is InChI=1S/C15H18N6/c1-11(16)7-8-17-14-13-9-20-21(15(13)19-10-18-14)12-5-3-2-4-6-12/h2-6,9-11H,7-8,16H2,1H3,(H,17,18,19). The van der Waals surface area contributed by atoms with Crippen molar-refractivity contribution < 1.29 is 0 Å². The number of aromatic nitrogens is 4. The van der Waals surface area contributed by atoms with E-state index < -0.39 is 0 Å². The van der Waals surface area contributed by atoms with Crippen LogP contribution in [0.2, 0.25) is 0 Å². The Morgan fingerprint density at radius 1 is 1.24 bits per heavy atom. The molecule has 1 atom stereocenters. The number of hydrogen-bond acceptors (Lipinski definition) is 5. The summed E-state index contributed by atoms with van der Waals surface area (Å²) in [5.74, 6) is 0.794. The number of nitrogens with zero attached hydrogens (tertiary/aromatic N) is 4. The SMILES string of the molecule is CC(N)CCNc1ncnc2c1cnn2-c1ccccc1. The number of anilines is 1. The van der Waals surface area contributed by atoms with Crippen LogP contribution in [-0.2, 0) is 0 Å². The summed E-state index contributed by atoms with van der Waals surface area (Å²) in [5.41, 5.74) is 7.53. The van der Waals surface area contributed by atoms with Crippen LogP contribution in [0.15, 0.2) is 42.9 Å². The van der Waals surface area contributed by atoms with Crippen LogP contribution >= 0.6 is 0 Å². The highest BCUT2D eigenvalue weighted by molar-refractivity contribution is 5.87.